The molecule has 2 amide bonds. The number of hydrogen-bond donors (Lipinski definition) is 0. The second-order valence-corrected chi connectivity index (χ2v) is 8.80. The lowest BCUT2D eigenvalue weighted by Gasteiger charge is -2.26. The van der Waals surface area contributed by atoms with Gasteiger partial charge in [0.15, 0.2) is 5.60 Å². The van der Waals surface area contributed by atoms with Crippen LogP contribution in [0.25, 0.3) is 0 Å². The van der Waals surface area contributed by atoms with Gasteiger partial charge in [-0.2, -0.15) is 0 Å². The summed E-state index contributed by atoms with van der Waals surface area (Å²) in [5, 5.41) is 0. The molecule has 1 spiro atoms. The fraction of sp³-hybridized carbons (Fsp3) is 0.259. The topological polar surface area (TPSA) is 49.9 Å². The Kier molecular flexibility index (Phi) is 5.58. The van der Waals surface area contributed by atoms with Crippen LogP contribution in [0.3, 0.4) is 0 Å². The van der Waals surface area contributed by atoms with E-state index in [0.29, 0.717) is 32.6 Å². The molecule has 5 nitrogen and oxygen atoms in total. The van der Waals surface area contributed by atoms with Gasteiger partial charge in [0.2, 0.25) is 5.91 Å². The summed E-state index contributed by atoms with van der Waals surface area (Å²) in [5.41, 5.74) is 2.02. The summed E-state index contributed by atoms with van der Waals surface area (Å²) >= 11 is 0. The maximum Gasteiger partial charge on any atom is 0.410 e. The lowest BCUT2D eigenvalue weighted by Crippen LogP contribution is -2.41. The third kappa shape index (κ3) is 4.33. The molecule has 2 aliphatic rings. The van der Waals surface area contributed by atoms with Gasteiger partial charge >= 0.3 is 6.09 Å². The predicted molar refractivity (Wildman–Crippen MR) is 122 cm³/mol. The summed E-state index contributed by atoms with van der Waals surface area (Å²) in [6.07, 6.45) is 0.206. The molecule has 0 bridgehead atoms. The van der Waals surface area contributed by atoms with Crippen LogP contribution in [0.2, 0.25) is 0 Å². The molecule has 2 aliphatic heterocycles. The average molecular weight is 445 g/mol. The Morgan fingerprint density at radius 3 is 2.12 bits per heavy atom. The van der Waals surface area contributed by atoms with Gasteiger partial charge in [-0.3, -0.25) is 9.69 Å². The molecule has 33 heavy (non-hydrogen) atoms. The summed E-state index contributed by atoms with van der Waals surface area (Å²) in [6.45, 7) is 1.67. The summed E-state index contributed by atoms with van der Waals surface area (Å²) in [5.74, 6) is -0.706. The van der Waals surface area contributed by atoms with Crippen molar-refractivity contribution in [1.82, 2.24) is 9.80 Å². The van der Waals surface area contributed by atoms with Gasteiger partial charge in [0.1, 0.15) is 5.82 Å². The second-order valence-electron chi connectivity index (χ2n) is 8.80. The monoisotopic (exact) mass is 444 g/mol. The Morgan fingerprint density at radius 1 is 0.909 bits per heavy atom. The van der Waals surface area contributed by atoms with Crippen LogP contribution in [0.1, 0.15) is 29.0 Å². The lowest BCUT2D eigenvalue weighted by atomic mass is 9.90. The maximum absolute atomic E-state index is 13.7. The zero-order valence-corrected chi connectivity index (χ0v) is 18.2. The molecule has 0 radical (unpaired) electrons. The van der Waals surface area contributed by atoms with E-state index in [4.69, 9.17) is 4.74 Å². The summed E-state index contributed by atoms with van der Waals surface area (Å²) in [6, 6.07) is 25.6. The first kappa shape index (κ1) is 21.2. The van der Waals surface area contributed by atoms with Crippen molar-refractivity contribution >= 4 is 12.0 Å². The van der Waals surface area contributed by atoms with Gasteiger partial charge in [0, 0.05) is 19.5 Å². The standard InChI is InChI=1S/C27H25FN2O3/c28-23-13-11-20(12-14-23)17-30-19-27(33-26(30)32)15-16-29(18-27)25(31)24(21-7-3-1-4-8-21)22-9-5-2-6-10-22/h1-14,24H,15-19H2. The highest BCUT2D eigenvalue weighted by Gasteiger charge is 2.51. The van der Waals surface area contributed by atoms with Crippen molar-refractivity contribution < 1.29 is 18.7 Å². The van der Waals surface area contributed by atoms with Crippen LogP contribution in [-0.4, -0.2) is 47.0 Å². The Balaban J connectivity index is 1.33. The molecule has 168 valence electrons. The predicted octanol–water partition coefficient (Wildman–Crippen LogP) is 4.58. The van der Waals surface area contributed by atoms with E-state index < -0.39 is 17.6 Å². The van der Waals surface area contributed by atoms with E-state index >= 15 is 0 Å². The van der Waals surface area contributed by atoms with Crippen molar-refractivity contribution in [3.63, 3.8) is 0 Å². The quantitative estimate of drug-likeness (QED) is 0.579. The number of rotatable bonds is 5. The largest absolute Gasteiger partial charge is 0.439 e. The van der Waals surface area contributed by atoms with Crippen LogP contribution in [0, 0.1) is 5.82 Å². The van der Waals surface area contributed by atoms with Crippen molar-refractivity contribution in [1.29, 1.82) is 0 Å². The molecule has 0 aromatic heterocycles. The molecule has 6 heteroatoms. The number of halogens is 1. The van der Waals surface area contributed by atoms with Crippen molar-refractivity contribution in [3.8, 4) is 0 Å². The number of hydrogen-bond acceptors (Lipinski definition) is 3. The molecule has 3 aromatic rings. The van der Waals surface area contributed by atoms with Crippen LogP contribution in [0.5, 0.6) is 0 Å². The fourth-order valence-electron chi connectivity index (χ4n) is 4.82. The average Bonchev–Trinajstić information content (AvgIpc) is 3.39. The molecular formula is C27H25FN2O3. The van der Waals surface area contributed by atoms with Gasteiger partial charge in [-0.25, -0.2) is 9.18 Å². The van der Waals surface area contributed by atoms with Gasteiger partial charge in [-0.1, -0.05) is 72.8 Å². The smallest absolute Gasteiger partial charge is 0.410 e. The number of likely N-dealkylation sites (tertiary alicyclic amines) is 1. The number of amides is 2. The molecule has 0 aliphatic carbocycles. The zero-order chi connectivity index (χ0) is 22.8. The van der Waals surface area contributed by atoms with Crippen molar-refractivity contribution in [2.75, 3.05) is 19.6 Å². The number of nitrogens with zero attached hydrogens (tertiary/aromatic N) is 2. The number of ether oxygens (including phenoxy) is 1. The van der Waals surface area contributed by atoms with E-state index in [1.54, 1.807) is 17.0 Å². The van der Waals surface area contributed by atoms with Gasteiger partial charge in [-0.05, 0) is 28.8 Å². The molecule has 1 atom stereocenters. The third-order valence-electron chi connectivity index (χ3n) is 6.47. The zero-order valence-electron chi connectivity index (χ0n) is 18.2. The number of benzene rings is 3. The molecule has 0 saturated carbocycles. The summed E-state index contributed by atoms with van der Waals surface area (Å²) in [7, 11) is 0. The van der Waals surface area contributed by atoms with Gasteiger partial charge in [0.05, 0.1) is 19.0 Å². The molecule has 3 aromatic carbocycles. The second kappa shape index (κ2) is 8.70. The summed E-state index contributed by atoms with van der Waals surface area (Å²) < 4.78 is 19.0. The Labute approximate surface area is 192 Å². The Morgan fingerprint density at radius 2 is 1.52 bits per heavy atom. The molecule has 1 unspecified atom stereocenters. The van der Waals surface area contributed by atoms with E-state index in [0.717, 1.165) is 16.7 Å². The van der Waals surface area contributed by atoms with Crippen LogP contribution in [-0.2, 0) is 16.1 Å². The van der Waals surface area contributed by atoms with Gasteiger partial charge in [-0.15, -0.1) is 0 Å². The fourth-order valence-corrected chi connectivity index (χ4v) is 4.82. The minimum Gasteiger partial charge on any atom is -0.439 e. The highest BCUT2D eigenvalue weighted by atomic mass is 19.1. The van der Waals surface area contributed by atoms with Crippen molar-refractivity contribution in [2.24, 2.45) is 0 Å². The maximum atomic E-state index is 13.7. The summed E-state index contributed by atoms with van der Waals surface area (Å²) in [4.78, 5) is 29.7. The van der Waals surface area contributed by atoms with Gasteiger partial charge in [0.25, 0.3) is 0 Å². The molecule has 2 heterocycles. The first-order chi connectivity index (χ1) is 16.0. The van der Waals surface area contributed by atoms with E-state index in [1.165, 1.54) is 12.1 Å². The van der Waals surface area contributed by atoms with E-state index in [2.05, 4.69) is 0 Å². The number of carbonyl (C=O) groups excluding carboxylic acids is 2. The molecule has 5 rings (SSSR count). The molecule has 2 fully saturated rings. The minimum atomic E-state index is -0.704. The first-order valence-electron chi connectivity index (χ1n) is 11.1. The first-order valence-corrected chi connectivity index (χ1v) is 11.1. The van der Waals surface area contributed by atoms with E-state index in [-0.39, 0.29) is 11.7 Å². The number of carbonyl (C=O) groups is 2. The van der Waals surface area contributed by atoms with Crippen molar-refractivity contribution in [2.45, 2.75) is 24.5 Å². The molecule has 2 saturated heterocycles. The van der Waals surface area contributed by atoms with Crippen LogP contribution in [0.4, 0.5) is 9.18 Å². The Bertz CT molecular complexity index is 1100. The SMILES string of the molecule is O=C1OC2(CCN(C(=O)C(c3ccccc3)c3ccccc3)C2)CN1Cc1ccc(F)cc1. The van der Waals surface area contributed by atoms with Crippen molar-refractivity contribution in [3.05, 3.63) is 107 Å². The highest BCUT2D eigenvalue weighted by Crippen LogP contribution is 2.36. The van der Waals surface area contributed by atoms with Crippen LogP contribution < -0.4 is 0 Å². The highest BCUT2D eigenvalue weighted by molar-refractivity contribution is 5.87. The molecular weight excluding hydrogens is 419 g/mol. The van der Waals surface area contributed by atoms with E-state index in [9.17, 15) is 14.0 Å². The Hall–Kier alpha value is -3.67. The molecule has 0 N–H and O–H groups in total. The van der Waals surface area contributed by atoms with E-state index in [1.807, 2.05) is 65.6 Å². The van der Waals surface area contributed by atoms with Crippen LogP contribution in [0.15, 0.2) is 84.9 Å². The third-order valence-corrected chi connectivity index (χ3v) is 6.47. The lowest BCUT2D eigenvalue weighted by molar-refractivity contribution is -0.131. The normalized spacial score (nSPS) is 20.0. The van der Waals surface area contributed by atoms with Gasteiger partial charge < -0.3 is 9.64 Å². The minimum absolute atomic E-state index is 0.0114. The van der Waals surface area contributed by atoms with Crippen LogP contribution >= 0.6 is 0 Å².